The first-order chi connectivity index (χ1) is 22.8. The molecule has 3 aromatic carbocycles. The van der Waals surface area contributed by atoms with Crippen molar-refractivity contribution in [3.63, 3.8) is 0 Å². The number of urea groups is 1. The number of para-hydroxylation sites is 2. The van der Waals surface area contributed by atoms with E-state index in [0.29, 0.717) is 33.5 Å². The fraction of sp³-hybridized carbons (Fsp3) is 0.235. The van der Waals surface area contributed by atoms with Gasteiger partial charge >= 0.3 is 11.5 Å². The Morgan fingerprint density at radius 3 is 1.67 bits per heavy atom. The Bertz CT molecular complexity index is 2100. The molecule has 3 amide bonds. The maximum Gasteiger partial charge on any atom is 0.501 e. The minimum atomic E-state index is -5.65. The zero-order valence-electron chi connectivity index (χ0n) is 26.3. The predicted molar refractivity (Wildman–Crippen MR) is 178 cm³/mol. The van der Waals surface area contributed by atoms with Crippen molar-refractivity contribution in [3.05, 3.63) is 96.3 Å². The number of sulfone groups is 1. The Hall–Kier alpha value is -5.24. The van der Waals surface area contributed by atoms with Gasteiger partial charge in [0, 0.05) is 36.7 Å². The van der Waals surface area contributed by atoms with Gasteiger partial charge in [0.2, 0.25) is 0 Å². The summed E-state index contributed by atoms with van der Waals surface area (Å²) in [7, 11) is -2.20. The van der Waals surface area contributed by atoms with Gasteiger partial charge in [0.15, 0.2) is 0 Å². The number of rotatable bonds is 8. The van der Waals surface area contributed by atoms with Crippen LogP contribution in [0, 0.1) is 0 Å². The van der Waals surface area contributed by atoms with E-state index in [0.717, 1.165) is 39.9 Å². The molecular weight excluding hydrogens is 645 g/mol. The molecule has 1 fully saturated rings. The van der Waals surface area contributed by atoms with Gasteiger partial charge in [0.25, 0.3) is 15.7 Å². The highest BCUT2D eigenvalue weighted by Gasteiger charge is 2.60. The average molecular weight is 677 g/mol. The summed E-state index contributed by atoms with van der Waals surface area (Å²) in [6, 6.07) is 17.5. The molecule has 14 heteroatoms. The lowest BCUT2D eigenvalue weighted by atomic mass is 9.68. The van der Waals surface area contributed by atoms with Gasteiger partial charge in [0.1, 0.15) is 5.54 Å². The lowest BCUT2D eigenvalue weighted by Gasteiger charge is -2.40. The molecular formula is C34H31F3N6O4S. The van der Waals surface area contributed by atoms with Crippen molar-refractivity contribution >= 4 is 60.6 Å². The number of nitrogens with zero attached hydrogens (tertiary/aromatic N) is 3. The molecule has 2 atom stereocenters. The molecule has 5 aromatic rings. The summed E-state index contributed by atoms with van der Waals surface area (Å²) in [5.41, 5.74) is -3.29. The number of hydrogen-bond donors (Lipinski definition) is 3. The normalized spacial score (nSPS) is 18.2. The lowest BCUT2D eigenvalue weighted by molar-refractivity contribution is -0.123. The number of halogens is 3. The Kier molecular flexibility index (Phi) is 8.02. The monoisotopic (exact) mass is 676 g/mol. The molecule has 2 unspecified atom stereocenters. The van der Waals surface area contributed by atoms with Gasteiger partial charge in [-0.3, -0.25) is 14.8 Å². The highest BCUT2D eigenvalue weighted by molar-refractivity contribution is 7.92. The predicted octanol–water partition coefficient (Wildman–Crippen LogP) is 6.56. The number of alkyl halides is 3. The summed E-state index contributed by atoms with van der Waals surface area (Å²) in [6.45, 7) is 3.67. The van der Waals surface area contributed by atoms with E-state index in [1.165, 1.54) is 0 Å². The van der Waals surface area contributed by atoms with Gasteiger partial charge in [-0.2, -0.15) is 13.2 Å². The largest absolute Gasteiger partial charge is 0.501 e. The highest BCUT2D eigenvalue weighted by Crippen LogP contribution is 2.50. The third-order valence-corrected chi connectivity index (χ3v) is 10.7. The van der Waals surface area contributed by atoms with Gasteiger partial charge in [-0.05, 0) is 47.5 Å². The molecule has 0 aliphatic carbocycles. The second-order valence-corrected chi connectivity index (χ2v) is 13.5. The summed E-state index contributed by atoms with van der Waals surface area (Å²) in [5.74, 6) is -2.14. The zero-order chi connectivity index (χ0) is 34.6. The number of amides is 3. The first kappa shape index (κ1) is 32.7. The first-order valence-electron chi connectivity index (χ1n) is 15.0. The molecule has 1 aliphatic heterocycles. The summed E-state index contributed by atoms with van der Waals surface area (Å²) in [4.78, 5) is 38.0. The zero-order valence-corrected chi connectivity index (χ0v) is 27.1. The van der Waals surface area contributed by atoms with E-state index in [-0.39, 0.29) is 5.69 Å². The van der Waals surface area contributed by atoms with Crippen molar-refractivity contribution in [1.29, 1.82) is 0 Å². The van der Waals surface area contributed by atoms with Gasteiger partial charge in [-0.25, -0.2) is 18.1 Å². The number of hydrogen-bond acceptors (Lipinski definition) is 8. The van der Waals surface area contributed by atoms with E-state index < -0.39 is 49.6 Å². The Morgan fingerprint density at radius 1 is 0.771 bits per heavy atom. The van der Waals surface area contributed by atoms with Crippen LogP contribution in [-0.2, 0) is 14.6 Å². The van der Waals surface area contributed by atoms with E-state index in [1.807, 2.05) is 62.4 Å². The third-order valence-electron chi connectivity index (χ3n) is 9.19. The first-order valence-corrected chi connectivity index (χ1v) is 16.4. The van der Waals surface area contributed by atoms with E-state index >= 15 is 4.79 Å². The van der Waals surface area contributed by atoms with E-state index in [2.05, 4.69) is 25.9 Å². The highest BCUT2D eigenvalue weighted by atomic mass is 32.2. The van der Waals surface area contributed by atoms with Crippen LogP contribution in [0.3, 0.4) is 0 Å². The van der Waals surface area contributed by atoms with Crippen molar-refractivity contribution in [3.8, 4) is 0 Å². The van der Waals surface area contributed by atoms with Gasteiger partial charge in [-0.15, -0.1) is 0 Å². The summed E-state index contributed by atoms with van der Waals surface area (Å²) < 4.78 is 63.8. The number of aromatic nitrogens is 2. The average Bonchev–Trinajstić information content (AvgIpc) is 3.36. The van der Waals surface area contributed by atoms with Crippen molar-refractivity contribution in [2.45, 2.75) is 41.6 Å². The van der Waals surface area contributed by atoms with Gasteiger partial charge < -0.3 is 16.0 Å². The fourth-order valence-electron chi connectivity index (χ4n) is 6.78. The minimum Gasteiger partial charge on any atom is -0.387 e. The molecule has 1 saturated heterocycles. The van der Waals surface area contributed by atoms with Crippen LogP contribution in [0.2, 0.25) is 0 Å². The maximum atomic E-state index is 15.1. The van der Waals surface area contributed by atoms with Crippen molar-refractivity contribution in [2.75, 3.05) is 29.6 Å². The van der Waals surface area contributed by atoms with Crippen LogP contribution < -0.4 is 20.9 Å². The van der Waals surface area contributed by atoms with E-state index in [4.69, 9.17) is 0 Å². The molecule has 2 aromatic heterocycles. The summed E-state index contributed by atoms with van der Waals surface area (Å²) in [6.07, 6.45) is 3.32. The second-order valence-electron chi connectivity index (χ2n) is 11.5. The number of pyridine rings is 2. The molecule has 10 nitrogen and oxygen atoms in total. The SMILES string of the molecule is CNc1cnc2ccccc2c1C(C)C1(C(C)c2c(NC)cnc3ccccc23)NC(=O)N(c2ccc(S(=O)(=O)C(F)(F)F)cc2)C1=O. The van der Waals surface area contributed by atoms with Crippen molar-refractivity contribution < 1.29 is 31.2 Å². The molecule has 6 rings (SSSR count). The number of nitrogens with one attached hydrogen (secondary N) is 3. The van der Waals surface area contributed by atoms with Crippen LogP contribution in [0.1, 0.15) is 36.8 Å². The van der Waals surface area contributed by atoms with Crippen LogP contribution >= 0.6 is 0 Å². The molecule has 248 valence electrons. The third kappa shape index (κ3) is 4.89. The van der Waals surface area contributed by atoms with E-state index in [9.17, 15) is 26.4 Å². The van der Waals surface area contributed by atoms with Crippen LogP contribution in [0.5, 0.6) is 0 Å². The van der Waals surface area contributed by atoms with Crippen molar-refractivity contribution in [1.82, 2.24) is 15.3 Å². The number of benzene rings is 3. The maximum absolute atomic E-state index is 15.1. The van der Waals surface area contributed by atoms with Crippen LogP contribution in [0.15, 0.2) is 90.1 Å². The number of carbonyl (C=O) groups excluding carboxylic acids is 2. The Labute approximate surface area is 274 Å². The molecule has 0 spiro atoms. The standard InChI is InChI=1S/C34H31F3N6O4S/c1-19(29-23-9-5-7-11-25(23)40-17-27(29)38-3)33(20(2)30-24-10-6-8-12-26(24)41-18-28(30)39-4)31(44)43(32(45)42-33)21-13-15-22(16-14-21)48(46,47)34(35,36)37/h5-20,38-39H,1-4H3,(H,42,45). The number of anilines is 3. The van der Waals surface area contributed by atoms with Gasteiger partial charge in [0.05, 0.1) is 45.4 Å². The molecule has 0 radical (unpaired) electrons. The molecule has 48 heavy (non-hydrogen) atoms. The molecule has 3 N–H and O–H groups in total. The Morgan fingerprint density at radius 2 is 1.23 bits per heavy atom. The minimum absolute atomic E-state index is 0.0956. The molecule has 1 aliphatic rings. The Balaban J connectivity index is 1.59. The fourth-order valence-corrected chi connectivity index (χ4v) is 7.54. The summed E-state index contributed by atoms with van der Waals surface area (Å²) >= 11 is 0. The number of imide groups is 1. The molecule has 0 bridgehead atoms. The van der Waals surface area contributed by atoms with Crippen molar-refractivity contribution in [2.24, 2.45) is 0 Å². The smallest absolute Gasteiger partial charge is 0.387 e. The number of carbonyl (C=O) groups is 2. The van der Waals surface area contributed by atoms with Crippen LogP contribution in [0.25, 0.3) is 21.8 Å². The van der Waals surface area contributed by atoms with Gasteiger partial charge in [-0.1, -0.05) is 50.2 Å². The molecule has 0 saturated carbocycles. The summed E-state index contributed by atoms with van der Waals surface area (Å²) in [5, 5.41) is 10.8. The molecule has 3 heterocycles. The number of fused-ring (bicyclic) bond motifs is 2. The second kappa shape index (κ2) is 11.8. The van der Waals surface area contributed by atoms with E-state index in [1.54, 1.807) is 26.5 Å². The lowest BCUT2D eigenvalue weighted by Crippen LogP contribution is -2.55. The topological polar surface area (TPSA) is 133 Å². The van der Waals surface area contributed by atoms with Crippen LogP contribution in [-0.4, -0.2) is 55.5 Å². The quantitative estimate of drug-likeness (QED) is 0.157. The van der Waals surface area contributed by atoms with Crippen LogP contribution in [0.4, 0.5) is 35.0 Å².